The van der Waals surface area contributed by atoms with Gasteiger partial charge >= 0.3 is 6.09 Å². The SMILES string of the molecule is N#CCCOCC(COCCC#N)NC(=O)OCc1ccccc1. The van der Waals surface area contributed by atoms with Crippen molar-refractivity contribution in [3.05, 3.63) is 35.9 Å². The predicted octanol–water partition coefficient (Wildman–Crippen LogP) is 2.14. The first kappa shape index (κ1) is 19.4. The molecule has 0 bridgehead atoms. The number of hydrogen-bond donors (Lipinski definition) is 1. The number of rotatable bonds is 11. The van der Waals surface area contributed by atoms with E-state index < -0.39 is 12.1 Å². The van der Waals surface area contributed by atoms with Crippen LogP contribution in [0.5, 0.6) is 0 Å². The summed E-state index contributed by atoms with van der Waals surface area (Å²) in [5, 5.41) is 19.6. The Morgan fingerprint density at radius 1 is 1.04 bits per heavy atom. The Hall–Kier alpha value is -2.61. The highest BCUT2D eigenvalue weighted by molar-refractivity contribution is 5.67. The fraction of sp³-hybridized carbons (Fsp3) is 0.471. The number of hydrogen-bond acceptors (Lipinski definition) is 6. The lowest BCUT2D eigenvalue weighted by atomic mass is 10.2. The third-order valence-electron chi connectivity index (χ3n) is 2.89. The van der Waals surface area contributed by atoms with E-state index in [4.69, 9.17) is 24.7 Å². The van der Waals surface area contributed by atoms with Crippen molar-refractivity contribution in [2.24, 2.45) is 0 Å². The highest BCUT2D eigenvalue weighted by atomic mass is 16.5. The van der Waals surface area contributed by atoms with Crippen molar-refractivity contribution in [3.63, 3.8) is 0 Å². The second-order valence-electron chi connectivity index (χ2n) is 4.87. The zero-order chi connectivity index (χ0) is 17.5. The molecule has 1 rings (SSSR count). The fourth-order valence-electron chi connectivity index (χ4n) is 1.75. The molecule has 0 aliphatic rings. The van der Waals surface area contributed by atoms with Crippen LogP contribution in [0.4, 0.5) is 4.79 Å². The summed E-state index contributed by atoms with van der Waals surface area (Å²) >= 11 is 0. The molecule has 0 atom stereocenters. The summed E-state index contributed by atoms with van der Waals surface area (Å²) < 4.78 is 15.8. The van der Waals surface area contributed by atoms with Crippen LogP contribution in [0.15, 0.2) is 30.3 Å². The summed E-state index contributed by atoms with van der Waals surface area (Å²) in [7, 11) is 0. The molecular formula is C17H21N3O4. The number of carbonyl (C=O) groups excluding carboxylic acids is 1. The minimum absolute atomic E-state index is 0.171. The molecule has 7 heteroatoms. The predicted molar refractivity (Wildman–Crippen MR) is 85.6 cm³/mol. The van der Waals surface area contributed by atoms with Gasteiger partial charge < -0.3 is 19.5 Å². The van der Waals surface area contributed by atoms with Crippen molar-refractivity contribution in [2.45, 2.75) is 25.5 Å². The first-order chi connectivity index (χ1) is 11.8. The molecule has 0 aliphatic heterocycles. The van der Waals surface area contributed by atoms with Gasteiger partial charge in [0.2, 0.25) is 0 Å². The summed E-state index contributed by atoms with van der Waals surface area (Å²) in [6, 6.07) is 12.9. The molecule has 0 aliphatic carbocycles. The van der Waals surface area contributed by atoms with Gasteiger partial charge in [0.05, 0.1) is 57.4 Å². The van der Waals surface area contributed by atoms with Crippen LogP contribution < -0.4 is 5.32 Å². The first-order valence-electron chi connectivity index (χ1n) is 7.63. The van der Waals surface area contributed by atoms with Crippen molar-refractivity contribution in [2.75, 3.05) is 26.4 Å². The van der Waals surface area contributed by atoms with Gasteiger partial charge in [-0.15, -0.1) is 0 Å². The maximum atomic E-state index is 11.9. The molecule has 0 unspecified atom stereocenters. The number of amides is 1. The molecule has 0 spiro atoms. The van der Waals surface area contributed by atoms with E-state index in [0.717, 1.165) is 5.56 Å². The highest BCUT2D eigenvalue weighted by Gasteiger charge is 2.14. The zero-order valence-electron chi connectivity index (χ0n) is 13.4. The lowest BCUT2D eigenvalue weighted by molar-refractivity contribution is 0.0541. The quantitative estimate of drug-likeness (QED) is 0.623. The fourth-order valence-corrected chi connectivity index (χ4v) is 1.75. The Morgan fingerprint density at radius 2 is 1.62 bits per heavy atom. The molecule has 24 heavy (non-hydrogen) atoms. The summed E-state index contributed by atoms with van der Waals surface area (Å²) in [5.74, 6) is 0. The van der Waals surface area contributed by atoms with E-state index in [9.17, 15) is 4.79 Å². The molecule has 0 aromatic heterocycles. The summed E-state index contributed by atoms with van der Waals surface area (Å²) in [6.07, 6.45) is -0.0161. The number of nitriles is 2. The molecule has 1 N–H and O–H groups in total. The van der Waals surface area contributed by atoms with Gasteiger partial charge in [-0.25, -0.2) is 4.79 Å². The van der Waals surface area contributed by atoms with Gasteiger partial charge in [-0.05, 0) is 5.56 Å². The molecule has 0 heterocycles. The van der Waals surface area contributed by atoms with Gasteiger partial charge in [0.25, 0.3) is 0 Å². The van der Waals surface area contributed by atoms with Crippen LogP contribution in [-0.4, -0.2) is 38.6 Å². The summed E-state index contributed by atoms with van der Waals surface area (Å²) in [4.78, 5) is 11.9. The van der Waals surface area contributed by atoms with Gasteiger partial charge in [-0.2, -0.15) is 10.5 Å². The molecule has 128 valence electrons. The van der Waals surface area contributed by atoms with Crippen LogP contribution in [-0.2, 0) is 20.8 Å². The van der Waals surface area contributed by atoms with E-state index in [0.29, 0.717) is 0 Å². The molecule has 1 amide bonds. The van der Waals surface area contributed by atoms with Gasteiger partial charge in [0.15, 0.2) is 0 Å². The maximum absolute atomic E-state index is 11.9. The Labute approximate surface area is 141 Å². The van der Waals surface area contributed by atoms with Crippen LogP contribution in [0.25, 0.3) is 0 Å². The number of carbonyl (C=O) groups is 1. The second-order valence-corrected chi connectivity index (χ2v) is 4.87. The molecular weight excluding hydrogens is 310 g/mol. The van der Waals surface area contributed by atoms with Crippen LogP contribution in [0.3, 0.4) is 0 Å². The normalized spacial score (nSPS) is 9.96. The Bertz CT molecular complexity index is 529. The lowest BCUT2D eigenvalue weighted by Gasteiger charge is -2.18. The van der Waals surface area contributed by atoms with Gasteiger partial charge in [-0.3, -0.25) is 0 Å². The number of ether oxygens (including phenoxy) is 3. The van der Waals surface area contributed by atoms with E-state index in [2.05, 4.69) is 5.32 Å². The minimum atomic E-state index is -0.573. The van der Waals surface area contributed by atoms with Crippen molar-refractivity contribution in [3.8, 4) is 12.1 Å². The molecule has 0 saturated carbocycles. The standard InChI is InChI=1S/C17H21N3O4/c18-8-4-10-22-13-16(14-23-11-5-9-19)20-17(21)24-12-15-6-2-1-3-7-15/h1-3,6-7,16H,4-5,10-14H2,(H,20,21). The number of benzene rings is 1. The Balaban J connectivity index is 2.35. The highest BCUT2D eigenvalue weighted by Crippen LogP contribution is 2.01. The Kier molecular flexibility index (Phi) is 10.4. The average Bonchev–Trinajstić information content (AvgIpc) is 2.61. The molecule has 0 fully saturated rings. The van der Waals surface area contributed by atoms with Gasteiger partial charge in [-0.1, -0.05) is 30.3 Å². The Morgan fingerprint density at radius 3 is 2.17 bits per heavy atom. The van der Waals surface area contributed by atoms with Crippen molar-refractivity contribution >= 4 is 6.09 Å². The lowest BCUT2D eigenvalue weighted by Crippen LogP contribution is -2.42. The molecule has 0 radical (unpaired) electrons. The van der Waals surface area contributed by atoms with Crippen LogP contribution in [0, 0.1) is 22.7 Å². The van der Waals surface area contributed by atoms with Crippen LogP contribution in [0.1, 0.15) is 18.4 Å². The maximum Gasteiger partial charge on any atom is 0.407 e. The molecule has 1 aromatic carbocycles. The topological polar surface area (TPSA) is 104 Å². The number of alkyl carbamates (subject to hydrolysis) is 1. The minimum Gasteiger partial charge on any atom is -0.445 e. The molecule has 0 saturated heterocycles. The molecule has 1 aromatic rings. The number of nitrogens with zero attached hydrogens (tertiary/aromatic N) is 2. The van der Waals surface area contributed by atoms with Crippen LogP contribution >= 0.6 is 0 Å². The first-order valence-corrected chi connectivity index (χ1v) is 7.63. The van der Waals surface area contributed by atoms with Crippen LogP contribution in [0.2, 0.25) is 0 Å². The third-order valence-corrected chi connectivity index (χ3v) is 2.89. The second kappa shape index (κ2) is 12.9. The van der Waals surface area contributed by atoms with Crippen molar-refractivity contribution in [1.29, 1.82) is 10.5 Å². The van der Waals surface area contributed by atoms with Gasteiger partial charge in [0.1, 0.15) is 6.61 Å². The third kappa shape index (κ3) is 9.42. The largest absolute Gasteiger partial charge is 0.445 e. The molecule has 7 nitrogen and oxygen atoms in total. The zero-order valence-corrected chi connectivity index (χ0v) is 13.4. The summed E-state index contributed by atoms with van der Waals surface area (Å²) in [6.45, 7) is 1.14. The van der Waals surface area contributed by atoms with E-state index >= 15 is 0 Å². The monoisotopic (exact) mass is 331 g/mol. The average molecular weight is 331 g/mol. The van der Waals surface area contributed by atoms with E-state index in [-0.39, 0.29) is 45.9 Å². The van der Waals surface area contributed by atoms with Crippen molar-refractivity contribution in [1.82, 2.24) is 5.32 Å². The van der Waals surface area contributed by atoms with Crippen molar-refractivity contribution < 1.29 is 19.0 Å². The smallest absolute Gasteiger partial charge is 0.407 e. The summed E-state index contributed by atoms with van der Waals surface area (Å²) in [5.41, 5.74) is 0.889. The van der Waals surface area contributed by atoms with Gasteiger partial charge in [0, 0.05) is 0 Å². The van der Waals surface area contributed by atoms with E-state index in [1.807, 2.05) is 42.5 Å². The van der Waals surface area contributed by atoms with E-state index in [1.165, 1.54) is 0 Å². The number of nitrogens with one attached hydrogen (secondary N) is 1. The van der Waals surface area contributed by atoms with E-state index in [1.54, 1.807) is 0 Å².